The zero-order valence-electron chi connectivity index (χ0n) is 33.5. The Bertz CT molecular complexity index is 3880. The molecule has 0 aliphatic heterocycles. The van der Waals surface area contributed by atoms with Gasteiger partial charge >= 0.3 is 0 Å². The minimum Gasteiger partial charge on any atom is -0.309 e. The summed E-state index contributed by atoms with van der Waals surface area (Å²) in [6, 6.07) is 80.6. The third-order valence-electron chi connectivity index (χ3n) is 12.5. The maximum Gasteiger partial charge on any atom is 0.0646 e. The number of hydrogen-bond acceptors (Lipinski definition) is 3. The second kappa shape index (κ2) is 14.0. The first-order valence-electron chi connectivity index (χ1n) is 21.1. The monoisotopic (exact) mass is 824 g/mol. The molecule has 62 heavy (non-hydrogen) atoms. The molecule has 0 atom stereocenters. The van der Waals surface area contributed by atoms with E-state index in [1.165, 1.54) is 107 Å². The summed E-state index contributed by atoms with van der Waals surface area (Å²) >= 11 is 3.74. The van der Waals surface area contributed by atoms with Gasteiger partial charge in [0, 0.05) is 63.2 Å². The van der Waals surface area contributed by atoms with Crippen molar-refractivity contribution in [3.8, 4) is 27.9 Å². The largest absolute Gasteiger partial charge is 0.309 e. The van der Waals surface area contributed by atoms with Gasteiger partial charge in [-0.2, -0.15) is 0 Å². The third-order valence-corrected chi connectivity index (χ3v) is 14.9. The van der Waals surface area contributed by atoms with E-state index in [-0.39, 0.29) is 0 Å². The van der Waals surface area contributed by atoms with Crippen LogP contribution in [0.3, 0.4) is 0 Å². The molecule has 3 heterocycles. The van der Waals surface area contributed by atoms with Crippen LogP contribution in [0.5, 0.6) is 0 Å². The lowest BCUT2D eigenvalue weighted by atomic mass is 9.98. The summed E-state index contributed by atoms with van der Waals surface area (Å²) in [6.45, 7) is 0. The molecule has 13 aromatic rings. The molecule has 2 nitrogen and oxygen atoms in total. The van der Waals surface area contributed by atoms with Gasteiger partial charge in [0.1, 0.15) is 0 Å². The molecule has 0 amide bonds. The van der Waals surface area contributed by atoms with E-state index in [1.807, 2.05) is 22.7 Å². The highest BCUT2D eigenvalue weighted by Gasteiger charge is 2.22. The fourth-order valence-corrected chi connectivity index (χ4v) is 12.0. The van der Waals surface area contributed by atoms with Gasteiger partial charge < -0.3 is 9.47 Å². The van der Waals surface area contributed by atoms with Crippen LogP contribution in [0.4, 0.5) is 17.1 Å². The van der Waals surface area contributed by atoms with Crippen molar-refractivity contribution in [3.63, 3.8) is 0 Å². The number of anilines is 3. The molecule has 10 aromatic carbocycles. The Morgan fingerprint density at radius 1 is 0.323 bits per heavy atom. The Hall–Kier alpha value is -7.50. The minimum atomic E-state index is 1.12. The minimum absolute atomic E-state index is 1.12. The smallest absolute Gasteiger partial charge is 0.0646 e. The van der Waals surface area contributed by atoms with E-state index in [0.29, 0.717) is 0 Å². The van der Waals surface area contributed by atoms with Crippen LogP contribution < -0.4 is 4.90 Å². The molecular weight excluding hydrogens is 789 g/mol. The van der Waals surface area contributed by atoms with Crippen molar-refractivity contribution in [3.05, 3.63) is 218 Å². The van der Waals surface area contributed by atoms with Crippen LogP contribution in [0.2, 0.25) is 0 Å². The van der Waals surface area contributed by atoms with Crippen LogP contribution in [0.25, 0.3) is 101 Å². The Balaban J connectivity index is 1.08. The Morgan fingerprint density at radius 2 is 0.935 bits per heavy atom. The fourth-order valence-electron chi connectivity index (χ4n) is 9.69. The first-order valence-corrected chi connectivity index (χ1v) is 22.7. The quantitative estimate of drug-likeness (QED) is 0.162. The zero-order valence-corrected chi connectivity index (χ0v) is 35.1. The molecule has 0 N–H and O–H groups in total. The van der Waals surface area contributed by atoms with Crippen LogP contribution in [0.15, 0.2) is 218 Å². The van der Waals surface area contributed by atoms with Gasteiger partial charge in [0.25, 0.3) is 0 Å². The molecule has 0 saturated heterocycles. The van der Waals surface area contributed by atoms with E-state index in [1.54, 1.807) is 0 Å². The highest BCUT2D eigenvalue weighted by Crippen LogP contribution is 2.49. The van der Waals surface area contributed by atoms with Crippen molar-refractivity contribution < 1.29 is 0 Å². The summed E-state index contributed by atoms with van der Waals surface area (Å²) in [4.78, 5) is 2.50. The number of para-hydroxylation sites is 1. The van der Waals surface area contributed by atoms with E-state index < -0.39 is 0 Å². The second-order valence-electron chi connectivity index (χ2n) is 16.1. The van der Waals surface area contributed by atoms with Gasteiger partial charge in [-0.25, -0.2) is 0 Å². The van der Waals surface area contributed by atoms with E-state index in [9.17, 15) is 0 Å². The Labute approximate surface area is 366 Å². The average Bonchev–Trinajstić information content (AvgIpc) is 4.01. The lowest BCUT2D eigenvalue weighted by Gasteiger charge is -2.27. The number of hydrogen-bond donors (Lipinski definition) is 0. The van der Waals surface area contributed by atoms with Gasteiger partial charge in [-0.05, 0) is 107 Å². The van der Waals surface area contributed by atoms with Crippen molar-refractivity contribution in [1.29, 1.82) is 0 Å². The number of rotatable bonds is 6. The van der Waals surface area contributed by atoms with E-state index in [4.69, 9.17) is 0 Å². The number of nitrogens with zero attached hydrogens (tertiary/aromatic N) is 2. The van der Waals surface area contributed by atoms with Gasteiger partial charge in [-0.3, -0.25) is 0 Å². The van der Waals surface area contributed by atoms with Crippen LogP contribution >= 0.6 is 22.7 Å². The molecule has 13 rings (SSSR count). The lowest BCUT2D eigenvalue weighted by molar-refractivity contribution is 1.20. The number of aromatic nitrogens is 1. The van der Waals surface area contributed by atoms with Crippen molar-refractivity contribution in [1.82, 2.24) is 4.57 Å². The molecule has 0 radical (unpaired) electrons. The molecule has 0 saturated carbocycles. The van der Waals surface area contributed by atoms with Crippen molar-refractivity contribution in [2.24, 2.45) is 0 Å². The van der Waals surface area contributed by atoms with Gasteiger partial charge in [-0.15, -0.1) is 22.7 Å². The molecule has 3 aromatic heterocycles. The highest BCUT2D eigenvalue weighted by molar-refractivity contribution is 7.26. The standard InChI is InChI=1S/C58H36N2S2/c1-2-14-37(15-3-1)39-18-12-19-42(32-39)59(43-29-31-57-49(36-43)46-22-7-10-26-55(46)61-57)54-35-41(34-50-47-23-8-11-27-56(47)62-58(50)54)40-28-30-53-48(33-40)45-21-6-9-24-52(45)60(53)51-25-13-17-38-16-4-5-20-44(38)51/h1-36H. The van der Waals surface area contributed by atoms with Crippen LogP contribution in [0.1, 0.15) is 0 Å². The highest BCUT2D eigenvalue weighted by atomic mass is 32.1. The van der Waals surface area contributed by atoms with Gasteiger partial charge in [-0.1, -0.05) is 140 Å². The van der Waals surface area contributed by atoms with Crippen molar-refractivity contribution in [2.45, 2.75) is 0 Å². The molecule has 0 unspecified atom stereocenters. The lowest BCUT2D eigenvalue weighted by Crippen LogP contribution is -2.10. The number of thiophene rings is 2. The summed E-state index contributed by atoms with van der Waals surface area (Å²) in [5, 5.41) is 10.1. The molecule has 4 heteroatoms. The molecule has 0 fully saturated rings. The normalized spacial score (nSPS) is 11.9. The Morgan fingerprint density at radius 3 is 1.81 bits per heavy atom. The SMILES string of the molecule is c1ccc(-c2cccc(N(c3ccc4sc5ccccc5c4c3)c3cc(-c4ccc5c(c4)c4ccccc4n5-c4cccc5ccccc45)cc4c3sc3ccccc34)c2)cc1. The molecule has 0 bridgehead atoms. The summed E-state index contributed by atoms with van der Waals surface area (Å²) in [6.07, 6.45) is 0. The van der Waals surface area contributed by atoms with E-state index in [0.717, 1.165) is 11.4 Å². The van der Waals surface area contributed by atoms with Crippen LogP contribution in [-0.4, -0.2) is 4.57 Å². The summed E-state index contributed by atoms with van der Waals surface area (Å²) < 4.78 is 7.60. The first-order chi connectivity index (χ1) is 30.7. The van der Waals surface area contributed by atoms with E-state index in [2.05, 4.69) is 228 Å². The summed E-state index contributed by atoms with van der Waals surface area (Å²) in [7, 11) is 0. The summed E-state index contributed by atoms with van der Waals surface area (Å²) in [5.74, 6) is 0. The maximum atomic E-state index is 2.50. The fraction of sp³-hybridized carbons (Fsp3) is 0. The molecule has 0 spiro atoms. The topological polar surface area (TPSA) is 8.17 Å². The van der Waals surface area contributed by atoms with Crippen LogP contribution in [-0.2, 0) is 0 Å². The van der Waals surface area contributed by atoms with Gasteiger partial charge in [0.15, 0.2) is 0 Å². The van der Waals surface area contributed by atoms with Crippen LogP contribution in [0, 0.1) is 0 Å². The van der Waals surface area contributed by atoms with Gasteiger partial charge in [0.2, 0.25) is 0 Å². The number of fused-ring (bicyclic) bond motifs is 10. The predicted octanol–water partition coefficient (Wildman–Crippen LogP) is 17.5. The first kappa shape index (κ1) is 35.3. The molecule has 0 aliphatic carbocycles. The zero-order chi connectivity index (χ0) is 40.7. The molecular formula is C58H36N2S2. The second-order valence-corrected chi connectivity index (χ2v) is 18.2. The number of benzene rings is 10. The van der Waals surface area contributed by atoms with Crippen molar-refractivity contribution in [2.75, 3.05) is 4.90 Å². The summed E-state index contributed by atoms with van der Waals surface area (Å²) in [5.41, 5.74) is 11.8. The predicted molar refractivity (Wildman–Crippen MR) is 270 cm³/mol. The third kappa shape index (κ3) is 5.54. The van der Waals surface area contributed by atoms with Gasteiger partial charge in [0.05, 0.1) is 27.1 Å². The maximum absolute atomic E-state index is 2.50. The average molecular weight is 825 g/mol. The Kier molecular flexibility index (Phi) is 7.99. The van der Waals surface area contributed by atoms with Crippen molar-refractivity contribution >= 4 is 113 Å². The molecule has 0 aliphatic rings. The molecule has 290 valence electrons. The van der Waals surface area contributed by atoms with E-state index >= 15 is 0 Å².